The van der Waals surface area contributed by atoms with Gasteiger partial charge in [-0.15, -0.1) is 6.42 Å². The molecule has 0 fully saturated rings. The molecule has 0 saturated heterocycles. The number of thioether (sulfide) groups is 1. The van der Waals surface area contributed by atoms with Crippen molar-refractivity contribution in [3.05, 3.63) is 47.9 Å². The summed E-state index contributed by atoms with van der Waals surface area (Å²) in [7, 11) is 0. The molecule has 1 aliphatic rings. The van der Waals surface area contributed by atoms with E-state index in [4.69, 9.17) is 16.9 Å². The van der Waals surface area contributed by atoms with Crippen LogP contribution in [0, 0.1) is 12.3 Å². The van der Waals surface area contributed by atoms with E-state index in [1.807, 2.05) is 24.3 Å². The molecule has 1 amide bonds. The number of nitrogens with one attached hydrogen (secondary N) is 1. The van der Waals surface area contributed by atoms with Gasteiger partial charge in [0.05, 0.1) is 17.9 Å². The number of nitrogens with two attached hydrogens (primary N) is 1. The van der Waals surface area contributed by atoms with Crippen molar-refractivity contribution in [2.45, 2.75) is 37.5 Å². The quantitative estimate of drug-likeness (QED) is 0.735. The van der Waals surface area contributed by atoms with Crippen LogP contribution in [-0.2, 0) is 5.54 Å². The van der Waals surface area contributed by atoms with Gasteiger partial charge in [-0.25, -0.2) is 9.97 Å². The number of anilines is 1. The summed E-state index contributed by atoms with van der Waals surface area (Å²) in [5.74, 6) is 2.24. The van der Waals surface area contributed by atoms with Gasteiger partial charge < -0.3 is 15.8 Å². The van der Waals surface area contributed by atoms with Crippen LogP contribution in [0.15, 0.2) is 41.7 Å². The zero-order valence-electron chi connectivity index (χ0n) is 16.6. The molecule has 2 heterocycles. The molecule has 0 radical (unpaired) electrons. The molecule has 0 spiro atoms. The average molecular weight is 410 g/mol. The van der Waals surface area contributed by atoms with Crippen LogP contribution in [0.1, 0.15) is 43.2 Å². The smallest absolute Gasteiger partial charge is 0.275 e. The van der Waals surface area contributed by atoms with Gasteiger partial charge >= 0.3 is 0 Å². The van der Waals surface area contributed by atoms with Crippen LogP contribution in [0.5, 0.6) is 5.88 Å². The van der Waals surface area contributed by atoms with Crippen molar-refractivity contribution >= 4 is 28.5 Å². The number of hydrogen-bond acceptors (Lipinski definition) is 7. The van der Waals surface area contributed by atoms with E-state index in [9.17, 15) is 4.79 Å². The molecule has 0 saturated carbocycles. The van der Waals surface area contributed by atoms with Crippen LogP contribution in [0.3, 0.4) is 0 Å². The monoisotopic (exact) mass is 409 g/mol. The lowest BCUT2D eigenvalue weighted by molar-refractivity contribution is 0.102. The summed E-state index contributed by atoms with van der Waals surface area (Å²) in [6.45, 7) is 6.45. The topological polar surface area (TPSA) is 102 Å². The minimum Gasteiger partial charge on any atom is -0.463 e. The number of ether oxygens (including phenoxy) is 1. The third kappa shape index (κ3) is 5.06. The highest BCUT2D eigenvalue weighted by Crippen LogP contribution is 2.45. The van der Waals surface area contributed by atoms with Crippen LogP contribution >= 0.6 is 11.8 Å². The van der Waals surface area contributed by atoms with Gasteiger partial charge in [-0.2, -0.15) is 0 Å². The average Bonchev–Trinajstić information content (AvgIpc) is 2.65. The van der Waals surface area contributed by atoms with Crippen molar-refractivity contribution in [1.29, 1.82) is 0 Å². The Hall–Kier alpha value is -3.05. The molecule has 0 unspecified atom stereocenters. The number of carbonyl (C=O) groups is 1. The maximum absolute atomic E-state index is 12.5. The minimum absolute atomic E-state index is 0.0291. The van der Waals surface area contributed by atoms with Gasteiger partial charge in [0, 0.05) is 10.4 Å². The van der Waals surface area contributed by atoms with E-state index >= 15 is 0 Å². The third-order valence-corrected chi connectivity index (χ3v) is 5.41. The first kappa shape index (κ1) is 20.7. The number of aromatic nitrogens is 2. The first-order valence-electron chi connectivity index (χ1n) is 9.05. The molecule has 0 aliphatic carbocycles. The Morgan fingerprint density at radius 1 is 1.34 bits per heavy atom. The standard InChI is InChI=1S/C21H23N5O2S/c1-5-9-28-17-12-23-16(11-24-17)18(27)25-15-8-6-7-14(10-15)21(4)13-20(2,3)29-19(22)26-21/h1,6-8,10-12H,9,13H2,2-4H3,(H2,22,26)(H,25,27)/t21-/m0/s1. The van der Waals surface area contributed by atoms with Gasteiger partial charge in [0.15, 0.2) is 11.8 Å². The van der Waals surface area contributed by atoms with Gasteiger partial charge in [-0.05, 0) is 31.0 Å². The fraction of sp³-hybridized carbons (Fsp3) is 0.333. The molecule has 29 heavy (non-hydrogen) atoms. The summed E-state index contributed by atoms with van der Waals surface area (Å²) in [6, 6.07) is 7.62. The molecule has 3 N–H and O–H groups in total. The predicted octanol–water partition coefficient (Wildman–Crippen LogP) is 3.19. The molecule has 1 atom stereocenters. The highest BCUT2D eigenvalue weighted by molar-refractivity contribution is 8.15. The first-order valence-corrected chi connectivity index (χ1v) is 9.87. The summed E-state index contributed by atoms with van der Waals surface area (Å²) in [5, 5.41) is 3.42. The van der Waals surface area contributed by atoms with Gasteiger partial charge in [-0.1, -0.05) is 43.7 Å². The Morgan fingerprint density at radius 3 is 2.79 bits per heavy atom. The second-order valence-electron chi connectivity index (χ2n) is 7.53. The number of terminal acetylenes is 1. The molecule has 0 bridgehead atoms. The lowest BCUT2D eigenvalue weighted by Crippen LogP contribution is -2.38. The Morgan fingerprint density at radius 2 is 2.14 bits per heavy atom. The minimum atomic E-state index is -0.463. The van der Waals surface area contributed by atoms with Gasteiger partial charge in [0.1, 0.15) is 5.69 Å². The lowest BCUT2D eigenvalue weighted by atomic mass is 9.84. The van der Waals surface area contributed by atoms with Crippen molar-refractivity contribution in [3.63, 3.8) is 0 Å². The third-order valence-electron chi connectivity index (χ3n) is 4.41. The molecular formula is C21H23N5O2S. The molecule has 7 nitrogen and oxygen atoms in total. The van der Waals surface area contributed by atoms with Crippen LogP contribution in [0.2, 0.25) is 0 Å². The van der Waals surface area contributed by atoms with Crippen molar-refractivity contribution < 1.29 is 9.53 Å². The number of benzene rings is 1. The maximum Gasteiger partial charge on any atom is 0.275 e. The van der Waals surface area contributed by atoms with E-state index in [0.717, 1.165) is 12.0 Å². The molecule has 2 aromatic rings. The van der Waals surface area contributed by atoms with E-state index in [1.54, 1.807) is 11.8 Å². The van der Waals surface area contributed by atoms with Crippen LogP contribution in [0.4, 0.5) is 5.69 Å². The fourth-order valence-corrected chi connectivity index (χ4v) is 4.54. The Labute approximate surface area is 174 Å². The van der Waals surface area contributed by atoms with Crippen LogP contribution in [-0.4, -0.2) is 32.4 Å². The lowest BCUT2D eigenvalue weighted by Gasteiger charge is -2.39. The van der Waals surface area contributed by atoms with Crippen LogP contribution in [0.25, 0.3) is 0 Å². The number of nitrogens with zero attached hydrogens (tertiary/aromatic N) is 3. The van der Waals surface area contributed by atoms with Crippen molar-refractivity contribution in [2.24, 2.45) is 10.7 Å². The molecule has 8 heteroatoms. The predicted molar refractivity (Wildman–Crippen MR) is 116 cm³/mol. The Balaban J connectivity index is 1.77. The zero-order valence-corrected chi connectivity index (χ0v) is 17.4. The highest BCUT2D eigenvalue weighted by Gasteiger charge is 2.39. The van der Waals surface area contributed by atoms with Crippen molar-refractivity contribution in [1.82, 2.24) is 9.97 Å². The second kappa shape index (κ2) is 8.13. The van der Waals surface area contributed by atoms with E-state index in [2.05, 4.69) is 47.0 Å². The first-order chi connectivity index (χ1) is 13.7. The SMILES string of the molecule is C#CCOc1cnc(C(=O)Nc2cccc([C@]3(C)CC(C)(C)SC(N)=N3)c2)cn1. The Bertz CT molecular complexity index is 981. The number of hydrogen-bond donors (Lipinski definition) is 2. The summed E-state index contributed by atoms with van der Waals surface area (Å²) in [5.41, 5.74) is 7.41. The highest BCUT2D eigenvalue weighted by atomic mass is 32.2. The number of amidine groups is 1. The number of rotatable bonds is 5. The summed E-state index contributed by atoms with van der Waals surface area (Å²) in [4.78, 5) is 25.3. The van der Waals surface area contributed by atoms with Crippen molar-refractivity contribution in [3.8, 4) is 18.2 Å². The maximum atomic E-state index is 12.5. The van der Waals surface area contributed by atoms with Crippen LogP contribution < -0.4 is 15.8 Å². The summed E-state index contributed by atoms with van der Waals surface area (Å²) in [6.07, 6.45) is 8.67. The molecular weight excluding hydrogens is 386 g/mol. The van der Waals surface area contributed by atoms with Crippen molar-refractivity contribution in [2.75, 3.05) is 11.9 Å². The summed E-state index contributed by atoms with van der Waals surface area (Å²) >= 11 is 1.58. The molecule has 3 rings (SSSR count). The second-order valence-corrected chi connectivity index (χ2v) is 9.26. The number of amides is 1. The van der Waals surface area contributed by atoms with E-state index in [0.29, 0.717) is 10.9 Å². The van der Waals surface area contributed by atoms with Gasteiger partial charge in [0.25, 0.3) is 5.91 Å². The number of aliphatic imine (C=N–C) groups is 1. The summed E-state index contributed by atoms with van der Waals surface area (Å²) < 4.78 is 5.13. The normalized spacial score (nSPS) is 20.3. The van der Waals surface area contributed by atoms with E-state index in [-0.39, 0.29) is 28.8 Å². The molecule has 1 aliphatic heterocycles. The van der Waals surface area contributed by atoms with E-state index < -0.39 is 5.54 Å². The number of carbonyl (C=O) groups excluding carboxylic acids is 1. The molecule has 150 valence electrons. The largest absolute Gasteiger partial charge is 0.463 e. The van der Waals surface area contributed by atoms with E-state index in [1.165, 1.54) is 12.4 Å². The molecule has 1 aromatic heterocycles. The van der Waals surface area contributed by atoms with Gasteiger partial charge in [-0.3, -0.25) is 9.79 Å². The molecule has 1 aromatic carbocycles. The Kier molecular flexibility index (Phi) is 5.80. The fourth-order valence-electron chi connectivity index (χ4n) is 3.37. The van der Waals surface area contributed by atoms with Gasteiger partial charge in [0.2, 0.25) is 5.88 Å². The zero-order chi connectivity index (χ0) is 21.1.